The Morgan fingerprint density at radius 3 is 2.52 bits per heavy atom. The number of benzene rings is 2. The van der Waals surface area contributed by atoms with E-state index >= 15 is 0 Å². The Morgan fingerprint density at radius 1 is 1.24 bits per heavy atom. The molecule has 0 unspecified atom stereocenters. The van der Waals surface area contributed by atoms with Crippen LogP contribution >= 0.6 is 11.6 Å². The molecule has 2 N–H and O–H groups in total. The van der Waals surface area contributed by atoms with Gasteiger partial charge in [0.05, 0.1) is 10.6 Å². The van der Waals surface area contributed by atoms with Gasteiger partial charge in [-0.3, -0.25) is 0 Å². The standard InChI is InChI=1S/C17H17ClN2O/c1-10(2)14-8-16(20)11(3)6-17(14)21-13-5-4-12(9-19)15(18)7-13/h4-8,10H,20H2,1-3H3. The minimum atomic E-state index is 0.289. The fourth-order valence-corrected chi connectivity index (χ4v) is 2.25. The van der Waals surface area contributed by atoms with Crippen LogP contribution in [0.25, 0.3) is 0 Å². The first-order valence-electron chi connectivity index (χ1n) is 6.70. The van der Waals surface area contributed by atoms with Gasteiger partial charge < -0.3 is 10.5 Å². The van der Waals surface area contributed by atoms with Gasteiger partial charge >= 0.3 is 0 Å². The van der Waals surface area contributed by atoms with E-state index < -0.39 is 0 Å². The van der Waals surface area contributed by atoms with Gasteiger partial charge in [-0.15, -0.1) is 0 Å². The Bertz CT molecular complexity index is 717. The Labute approximate surface area is 129 Å². The van der Waals surface area contributed by atoms with E-state index in [9.17, 15) is 0 Å². The molecule has 0 atom stereocenters. The fraction of sp³-hybridized carbons (Fsp3) is 0.235. The molecule has 0 radical (unpaired) electrons. The lowest BCUT2D eigenvalue weighted by Crippen LogP contribution is -1.99. The van der Waals surface area contributed by atoms with Crippen molar-refractivity contribution in [2.45, 2.75) is 26.7 Å². The third-order valence-corrected chi connectivity index (χ3v) is 3.62. The average molecular weight is 301 g/mol. The van der Waals surface area contributed by atoms with E-state index in [0.717, 1.165) is 22.6 Å². The number of anilines is 1. The van der Waals surface area contributed by atoms with E-state index in [1.54, 1.807) is 18.2 Å². The molecular formula is C17H17ClN2O. The number of ether oxygens (including phenoxy) is 1. The highest BCUT2D eigenvalue weighted by Gasteiger charge is 2.12. The van der Waals surface area contributed by atoms with Gasteiger partial charge in [-0.05, 0) is 48.2 Å². The largest absolute Gasteiger partial charge is 0.457 e. The summed E-state index contributed by atoms with van der Waals surface area (Å²) in [4.78, 5) is 0. The third kappa shape index (κ3) is 3.29. The van der Waals surface area contributed by atoms with Crippen LogP contribution in [0.15, 0.2) is 30.3 Å². The second-order valence-electron chi connectivity index (χ2n) is 5.26. The number of nitriles is 1. The third-order valence-electron chi connectivity index (χ3n) is 3.31. The number of halogens is 1. The van der Waals surface area contributed by atoms with Gasteiger partial charge in [0, 0.05) is 11.8 Å². The molecule has 0 bridgehead atoms. The van der Waals surface area contributed by atoms with E-state index in [-0.39, 0.29) is 5.92 Å². The summed E-state index contributed by atoms with van der Waals surface area (Å²) in [6.07, 6.45) is 0. The van der Waals surface area contributed by atoms with Crippen LogP contribution in [0.4, 0.5) is 5.69 Å². The van der Waals surface area contributed by atoms with Gasteiger partial charge in [0.2, 0.25) is 0 Å². The maximum Gasteiger partial charge on any atom is 0.131 e. The summed E-state index contributed by atoms with van der Waals surface area (Å²) in [6, 6.07) is 10.9. The molecule has 0 aliphatic heterocycles. The van der Waals surface area contributed by atoms with E-state index in [4.69, 9.17) is 27.3 Å². The van der Waals surface area contributed by atoms with Crippen molar-refractivity contribution in [2.24, 2.45) is 0 Å². The summed E-state index contributed by atoms with van der Waals surface area (Å²) in [6.45, 7) is 6.11. The van der Waals surface area contributed by atoms with Crippen LogP contribution in [0.3, 0.4) is 0 Å². The lowest BCUT2D eigenvalue weighted by atomic mass is 9.99. The zero-order valence-electron chi connectivity index (χ0n) is 12.3. The first-order chi connectivity index (χ1) is 9.92. The van der Waals surface area contributed by atoms with Crippen molar-refractivity contribution in [3.8, 4) is 17.6 Å². The van der Waals surface area contributed by atoms with E-state index in [2.05, 4.69) is 13.8 Å². The summed E-state index contributed by atoms with van der Waals surface area (Å²) in [5.74, 6) is 1.65. The first-order valence-corrected chi connectivity index (χ1v) is 7.07. The van der Waals surface area contributed by atoms with Crippen LogP contribution in [-0.2, 0) is 0 Å². The Morgan fingerprint density at radius 2 is 1.95 bits per heavy atom. The van der Waals surface area contributed by atoms with Gasteiger partial charge in [-0.25, -0.2) is 0 Å². The van der Waals surface area contributed by atoms with E-state index in [0.29, 0.717) is 16.3 Å². The summed E-state index contributed by atoms with van der Waals surface area (Å²) < 4.78 is 5.94. The maximum absolute atomic E-state index is 8.89. The molecule has 0 spiro atoms. The van der Waals surface area contributed by atoms with Gasteiger partial charge in [0.25, 0.3) is 0 Å². The van der Waals surface area contributed by atoms with Crippen LogP contribution in [0.2, 0.25) is 5.02 Å². The predicted octanol–water partition coefficient (Wildman–Crippen LogP) is 5.02. The fourth-order valence-electron chi connectivity index (χ4n) is 2.03. The summed E-state index contributed by atoms with van der Waals surface area (Å²) in [5, 5.41) is 9.28. The molecule has 2 aromatic carbocycles. The predicted molar refractivity (Wildman–Crippen MR) is 85.9 cm³/mol. The number of hydrogen-bond donors (Lipinski definition) is 1. The zero-order chi connectivity index (χ0) is 15.6. The average Bonchev–Trinajstić information content (AvgIpc) is 2.42. The number of nitrogen functional groups attached to an aromatic ring is 1. The molecule has 4 heteroatoms. The first kappa shape index (κ1) is 15.2. The smallest absolute Gasteiger partial charge is 0.131 e. The number of aryl methyl sites for hydroxylation is 1. The van der Waals surface area contributed by atoms with Crippen LogP contribution in [0.5, 0.6) is 11.5 Å². The molecule has 0 fully saturated rings. The molecule has 0 saturated heterocycles. The topological polar surface area (TPSA) is 59.0 Å². The molecule has 2 rings (SSSR count). The van der Waals surface area contributed by atoms with Crippen molar-refractivity contribution in [1.29, 1.82) is 5.26 Å². The summed E-state index contributed by atoms with van der Waals surface area (Å²) in [7, 11) is 0. The number of rotatable bonds is 3. The molecular weight excluding hydrogens is 284 g/mol. The highest BCUT2D eigenvalue weighted by atomic mass is 35.5. The summed E-state index contributed by atoms with van der Waals surface area (Å²) >= 11 is 6.03. The lowest BCUT2D eigenvalue weighted by Gasteiger charge is -2.16. The molecule has 2 aromatic rings. The van der Waals surface area contributed by atoms with Crippen molar-refractivity contribution < 1.29 is 4.74 Å². The maximum atomic E-state index is 8.89. The minimum Gasteiger partial charge on any atom is -0.457 e. The number of nitrogens with two attached hydrogens (primary N) is 1. The normalized spacial score (nSPS) is 10.5. The second-order valence-corrected chi connectivity index (χ2v) is 5.66. The van der Waals surface area contributed by atoms with Crippen LogP contribution in [0, 0.1) is 18.3 Å². The van der Waals surface area contributed by atoms with Crippen molar-refractivity contribution in [1.82, 2.24) is 0 Å². The van der Waals surface area contributed by atoms with Gasteiger partial charge in [0.1, 0.15) is 17.6 Å². The molecule has 3 nitrogen and oxygen atoms in total. The highest BCUT2D eigenvalue weighted by Crippen LogP contribution is 2.35. The molecule has 0 saturated carbocycles. The quantitative estimate of drug-likeness (QED) is 0.810. The molecule has 0 aliphatic carbocycles. The van der Waals surface area contributed by atoms with Crippen molar-refractivity contribution >= 4 is 17.3 Å². The second kappa shape index (κ2) is 6.07. The van der Waals surface area contributed by atoms with Gasteiger partial charge in [-0.1, -0.05) is 25.4 Å². The van der Waals surface area contributed by atoms with Crippen molar-refractivity contribution in [3.63, 3.8) is 0 Å². The molecule has 0 aromatic heterocycles. The minimum absolute atomic E-state index is 0.289. The molecule has 0 heterocycles. The Hall–Kier alpha value is -2.18. The SMILES string of the molecule is Cc1cc(Oc2ccc(C#N)c(Cl)c2)c(C(C)C)cc1N. The Kier molecular flexibility index (Phi) is 4.40. The Balaban J connectivity index is 2.42. The molecule has 0 amide bonds. The lowest BCUT2D eigenvalue weighted by molar-refractivity contribution is 0.473. The van der Waals surface area contributed by atoms with Crippen LogP contribution < -0.4 is 10.5 Å². The van der Waals surface area contributed by atoms with E-state index in [1.807, 2.05) is 25.1 Å². The zero-order valence-corrected chi connectivity index (χ0v) is 13.0. The molecule has 21 heavy (non-hydrogen) atoms. The van der Waals surface area contributed by atoms with Crippen LogP contribution in [0.1, 0.15) is 36.5 Å². The van der Waals surface area contributed by atoms with E-state index in [1.165, 1.54) is 0 Å². The van der Waals surface area contributed by atoms with Gasteiger partial charge in [0.15, 0.2) is 0 Å². The monoisotopic (exact) mass is 300 g/mol. The molecule has 0 aliphatic rings. The number of hydrogen-bond acceptors (Lipinski definition) is 3. The van der Waals surface area contributed by atoms with Crippen molar-refractivity contribution in [3.05, 3.63) is 52.0 Å². The van der Waals surface area contributed by atoms with Crippen molar-refractivity contribution in [2.75, 3.05) is 5.73 Å². The number of nitrogens with zero attached hydrogens (tertiary/aromatic N) is 1. The highest BCUT2D eigenvalue weighted by molar-refractivity contribution is 6.31. The van der Waals surface area contributed by atoms with Gasteiger partial charge in [-0.2, -0.15) is 5.26 Å². The summed E-state index contributed by atoms with van der Waals surface area (Å²) in [5.41, 5.74) is 9.16. The van der Waals surface area contributed by atoms with Crippen LogP contribution in [-0.4, -0.2) is 0 Å². The molecule has 108 valence electrons.